The highest BCUT2D eigenvalue weighted by atomic mass is 16.6. The number of esters is 3. The van der Waals surface area contributed by atoms with Crippen LogP contribution in [0, 0.1) is 0 Å². The molecule has 0 heterocycles. The number of allylic oxidation sites excluding steroid dienone is 12. The average Bonchev–Trinajstić information content (AvgIpc) is 3.48. The summed E-state index contributed by atoms with van der Waals surface area (Å²) in [4.78, 5) is 38.4. The van der Waals surface area contributed by atoms with Crippen molar-refractivity contribution in [3.63, 3.8) is 0 Å². The van der Waals surface area contributed by atoms with Gasteiger partial charge in [-0.2, -0.15) is 0 Å². The Morgan fingerprint density at radius 2 is 0.482 bits per heavy atom. The lowest BCUT2D eigenvalue weighted by Gasteiger charge is -2.18. The van der Waals surface area contributed by atoms with E-state index in [1.54, 1.807) is 0 Å². The zero-order valence-corrected chi connectivity index (χ0v) is 55.5. The van der Waals surface area contributed by atoms with Crippen molar-refractivity contribution in [2.24, 2.45) is 0 Å². The molecule has 0 N–H and O–H groups in total. The summed E-state index contributed by atoms with van der Waals surface area (Å²) >= 11 is 0. The van der Waals surface area contributed by atoms with Crippen LogP contribution >= 0.6 is 0 Å². The highest BCUT2D eigenvalue weighted by Crippen LogP contribution is 2.19. The third-order valence-electron chi connectivity index (χ3n) is 16.2. The van der Waals surface area contributed by atoms with Gasteiger partial charge in [0.1, 0.15) is 13.2 Å². The standard InChI is InChI=1S/C77H138O6/c1-4-7-10-13-16-19-22-24-26-28-30-32-34-36-38-40-42-44-46-48-50-52-55-58-61-64-67-70-76(79)82-73-74(72-81-75(78)69-66-63-60-57-54-21-18-15-12-9-6-3)83-77(80)71-68-65-62-59-56-53-51-49-47-45-43-41-39-37-35-33-31-29-27-25-23-20-17-14-11-8-5-2/h7,10,15-16,18-19,24,26,30,32,36,38,74H,4-6,8-9,11-14,17,20-23,25,27-29,31,33-35,37,39-73H2,1-3H3/b10-7-,18-15-,19-16-,26-24-,32-30-,38-36-. The van der Waals surface area contributed by atoms with E-state index in [0.717, 1.165) is 96.3 Å². The smallest absolute Gasteiger partial charge is 0.306 e. The van der Waals surface area contributed by atoms with E-state index in [2.05, 4.69) is 93.7 Å². The van der Waals surface area contributed by atoms with Gasteiger partial charge in [0.2, 0.25) is 0 Å². The molecule has 0 aromatic carbocycles. The number of ether oxygens (including phenoxy) is 3. The Morgan fingerprint density at radius 3 is 0.783 bits per heavy atom. The first kappa shape index (κ1) is 79.8. The zero-order chi connectivity index (χ0) is 59.9. The van der Waals surface area contributed by atoms with E-state index in [4.69, 9.17) is 14.2 Å². The maximum Gasteiger partial charge on any atom is 0.306 e. The van der Waals surface area contributed by atoms with Crippen LogP contribution in [0.15, 0.2) is 72.9 Å². The number of unbranched alkanes of at least 4 members (excludes halogenated alkanes) is 44. The lowest BCUT2D eigenvalue weighted by atomic mass is 10.0. The summed E-state index contributed by atoms with van der Waals surface area (Å²) in [6, 6.07) is 0. The van der Waals surface area contributed by atoms with Gasteiger partial charge in [0.05, 0.1) is 0 Å². The van der Waals surface area contributed by atoms with Gasteiger partial charge < -0.3 is 14.2 Å². The molecule has 0 saturated carbocycles. The minimum atomic E-state index is -0.779. The van der Waals surface area contributed by atoms with Crippen LogP contribution in [0.2, 0.25) is 0 Å². The van der Waals surface area contributed by atoms with E-state index in [0.29, 0.717) is 19.3 Å². The van der Waals surface area contributed by atoms with Crippen molar-refractivity contribution in [2.75, 3.05) is 13.2 Å². The number of carbonyl (C=O) groups is 3. The maximum atomic E-state index is 13.0. The molecule has 0 spiro atoms. The monoisotopic (exact) mass is 1160 g/mol. The lowest BCUT2D eigenvalue weighted by Crippen LogP contribution is -2.30. The molecule has 83 heavy (non-hydrogen) atoms. The van der Waals surface area contributed by atoms with Crippen molar-refractivity contribution in [3.05, 3.63) is 72.9 Å². The molecule has 0 rings (SSSR count). The highest BCUT2D eigenvalue weighted by molar-refractivity contribution is 5.71. The van der Waals surface area contributed by atoms with E-state index < -0.39 is 6.10 Å². The largest absolute Gasteiger partial charge is 0.462 e. The average molecular weight is 1160 g/mol. The summed E-state index contributed by atoms with van der Waals surface area (Å²) in [6.07, 6.45) is 93.8. The minimum absolute atomic E-state index is 0.0757. The van der Waals surface area contributed by atoms with Crippen LogP contribution in [-0.4, -0.2) is 37.2 Å². The van der Waals surface area contributed by atoms with Gasteiger partial charge in [-0.25, -0.2) is 0 Å². The van der Waals surface area contributed by atoms with Crippen LogP contribution < -0.4 is 0 Å². The Labute approximate surface area is 516 Å². The molecule has 0 aromatic heterocycles. The van der Waals surface area contributed by atoms with E-state index in [1.807, 2.05) is 0 Å². The van der Waals surface area contributed by atoms with Crippen molar-refractivity contribution >= 4 is 17.9 Å². The van der Waals surface area contributed by atoms with Gasteiger partial charge in [0.15, 0.2) is 6.10 Å². The second-order valence-electron chi connectivity index (χ2n) is 24.5. The number of rotatable bonds is 67. The zero-order valence-electron chi connectivity index (χ0n) is 55.5. The fourth-order valence-corrected chi connectivity index (χ4v) is 10.7. The fraction of sp³-hybridized carbons (Fsp3) is 0.805. The Balaban J connectivity index is 4.18. The van der Waals surface area contributed by atoms with Gasteiger partial charge in [0.25, 0.3) is 0 Å². The van der Waals surface area contributed by atoms with E-state index in [-0.39, 0.29) is 31.1 Å². The SMILES string of the molecule is CC/C=C\C/C=C\C/C=C\C/C=C\C/C=C\CCCCCCCCCCCCCC(=O)OCC(COC(=O)CCCCCCC/C=C\CCCC)OC(=O)CCCCCCCCCCCCCCCCCCCCCCCCCCCCC. The molecule has 482 valence electrons. The molecule has 1 atom stereocenters. The molecule has 6 nitrogen and oxygen atoms in total. The first-order valence-corrected chi connectivity index (χ1v) is 36.4. The quantitative estimate of drug-likeness (QED) is 0.0261. The van der Waals surface area contributed by atoms with Crippen LogP contribution in [0.3, 0.4) is 0 Å². The molecular weight excluding hydrogens is 1020 g/mol. The first-order chi connectivity index (χ1) is 41.0. The molecule has 1 unspecified atom stereocenters. The Hall–Kier alpha value is -3.15. The van der Waals surface area contributed by atoms with E-state index in [1.165, 1.54) is 244 Å². The predicted octanol–water partition coefficient (Wildman–Crippen LogP) is 25.2. The van der Waals surface area contributed by atoms with Crippen molar-refractivity contribution in [3.8, 4) is 0 Å². The Kier molecular flexibility index (Phi) is 68.6. The molecule has 0 bridgehead atoms. The molecule has 6 heteroatoms. The summed E-state index contributed by atoms with van der Waals surface area (Å²) in [5, 5.41) is 0. The molecule has 0 aromatic rings. The van der Waals surface area contributed by atoms with Gasteiger partial charge in [-0.3, -0.25) is 14.4 Å². The van der Waals surface area contributed by atoms with Crippen molar-refractivity contribution in [1.82, 2.24) is 0 Å². The number of carbonyl (C=O) groups excluding carboxylic acids is 3. The second-order valence-corrected chi connectivity index (χ2v) is 24.5. The van der Waals surface area contributed by atoms with Crippen LogP contribution in [-0.2, 0) is 28.6 Å². The third-order valence-corrected chi connectivity index (χ3v) is 16.2. The fourth-order valence-electron chi connectivity index (χ4n) is 10.7. The van der Waals surface area contributed by atoms with E-state index >= 15 is 0 Å². The lowest BCUT2D eigenvalue weighted by molar-refractivity contribution is -0.167. The van der Waals surface area contributed by atoms with Gasteiger partial charge in [-0.1, -0.05) is 351 Å². The second kappa shape index (κ2) is 71.3. The maximum absolute atomic E-state index is 13.0. The molecule has 0 fully saturated rings. The van der Waals surface area contributed by atoms with Crippen molar-refractivity contribution < 1.29 is 28.6 Å². The van der Waals surface area contributed by atoms with Gasteiger partial charge in [-0.05, 0) is 83.5 Å². The third kappa shape index (κ3) is 69.5. The number of hydrogen-bond donors (Lipinski definition) is 0. The van der Waals surface area contributed by atoms with E-state index in [9.17, 15) is 14.4 Å². The van der Waals surface area contributed by atoms with Crippen LogP contribution in [0.1, 0.15) is 380 Å². The molecule has 0 radical (unpaired) electrons. The van der Waals surface area contributed by atoms with Crippen LogP contribution in [0.25, 0.3) is 0 Å². The van der Waals surface area contributed by atoms with Crippen LogP contribution in [0.5, 0.6) is 0 Å². The van der Waals surface area contributed by atoms with Crippen molar-refractivity contribution in [1.29, 1.82) is 0 Å². The molecule has 0 aliphatic heterocycles. The Bertz CT molecular complexity index is 1520. The van der Waals surface area contributed by atoms with Crippen LogP contribution in [0.4, 0.5) is 0 Å². The summed E-state index contributed by atoms with van der Waals surface area (Å²) < 4.78 is 17.0. The summed E-state index contributed by atoms with van der Waals surface area (Å²) in [6.45, 7) is 6.54. The first-order valence-electron chi connectivity index (χ1n) is 36.4. The molecule has 0 saturated heterocycles. The van der Waals surface area contributed by atoms with Gasteiger partial charge in [0, 0.05) is 19.3 Å². The highest BCUT2D eigenvalue weighted by Gasteiger charge is 2.19. The van der Waals surface area contributed by atoms with Gasteiger partial charge in [-0.15, -0.1) is 0 Å². The molecular formula is C77H138O6. The van der Waals surface area contributed by atoms with Gasteiger partial charge >= 0.3 is 17.9 Å². The summed E-state index contributed by atoms with van der Waals surface area (Å²) in [5.41, 5.74) is 0. The predicted molar refractivity (Wildman–Crippen MR) is 362 cm³/mol. The summed E-state index contributed by atoms with van der Waals surface area (Å²) in [7, 11) is 0. The molecule has 0 aliphatic rings. The number of hydrogen-bond acceptors (Lipinski definition) is 6. The normalized spacial score (nSPS) is 12.5. The topological polar surface area (TPSA) is 78.9 Å². The molecule has 0 aliphatic carbocycles. The Morgan fingerprint density at radius 1 is 0.253 bits per heavy atom. The minimum Gasteiger partial charge on any atom is -0.462 e. The van der Waals surface area contributed by atoms with Crippen molar-refractivity contribution in [2.45, 2.75) is 386 Å². The molecule has 0 amide bonds. The summed E-state index contributed by atoms with van der Waals surface area (Å²) in [5.74, 6) is -0.866.